The van der Waals surface area contributed by atoms with Gasteiger partial charge in [0.15, 0.2) is 22.3 Å². The second-order valence-corrected chi connectivity index (χ2v) is 8.74. The van der Waals surface area contributed by atoms with Crippen molar-refractivity contribution in [2.45, 2.75) is 11.4 Å². The smallest absolute Gasteiger partial charge is 0.291 e. The Labute approximate surface area is 186 Å². The van der Waals surface area contributed by atoms with Crippen LogP contribution in [0.1, 0.15) is 21.7 Å². The summed E-state index contributed by atoms with van der Waals surface area (Å²) >= 11 is 1.36. The Kier molecular flexibility index (Phi) is 4.93. The number of ether oxygens (including phenoxy) is 1. The first-order valence-corrected chi connectivity index (χ1v) is 10.9. The Balaban J connectivity index is 1.61. The maximum atomic E-state index is 13.9. The molecule has 5 rings (SSSR count). The van der Waals surface area contributed by atoms with Gasteiger partial charge in [0.05, 0.1) is 25.6 Å². The highest BCUT2D eigenvalue weighted by Crippen LogP contribution is 2.55. The minimum absolute atomic E-state index is 0.0282. The van der Waals surface area contributed by atoms with E-state index in [-0.39, 0.29) is 18.2 Å². The van der Waals surface area contributed by atoms with E-state index in [1.54, 1.807) is 30.3 Å². The van der Waals surface area contributed by atoms with Crippen LogP contribution in [0.3, 0.4) is 0 Å². The van der Waals surface area contributed by atoms with Crippen molar-refractivity contribution in [3.8, 4) is 5.75 Å². The largest absolute Gasteiger partial charge is 0.497 e. The lowest BCUT2D eigenvalue weighted by Gasteiger charge is -2.32. The maximum Gasteiger partial charge on any atom is 0.291 e. The number of hydrogen-bond acceptors (Lipinski definition) is 5. The fraction of sp³-hybridized carbons (Fsp3) is 0.217. The van der Waals surface area contributed by atoms with E-state index < -0.39 is 22.4 Å². The second-order valence-electron chi connectivity index (χ2n) is 7.45. The normalized spacial score (nSPS) is 19.7. The zero-order chi connectivity index (χ0) is 22.5. The number of fused-ring (bicyclic) bond motifs is 2. The lowest BCUT2D eigenvalue weighted by atomic mass is 10.0. The Morgan fingerprint density at radius 2 is 2.03 bits per heavy atom. The molecule has 1 fully saturated rings. The van der Waals surface area contributed by atoms with Crippen molar-refractivity contribution in [1.29, 1.82) is 0 Å². The van der Waals surface area contributed by atoms with E-state index in [1.165, 1.54) is 41.0 Å². The number of benzene rings is 2. The maximum absolute atomic E-state index is 13.9. The van der Waals surface area contributed by atoms with Gasteiger partial charge in [-0.25, -0.2) is 8.78 Å². The van der Waals surface area contributed by atoms with Crippen molar-refractivity contribution in [2.75, 3.05) is 24.3 Å². The fourth-order valence-electron chi connectivity index (χ4n) is 4.23. The van der Waals surface area contributed by atoms with Gasteiger partial charge in [0.2, 0.25) is 0 Å². The van der Waals surface area contributed by atoms with Gasteiger partial charge in [-0.1, -0.05) is 6.07 Å². The van der Waals surface area contributed by atoms with Crippen molar-refractivity contribution in [1.82, 2.24) is 4.90 Å². The summed E-state index contributed by atoms with van der Waals surface area (Å²) < 4.78 is 37.9. The second kappa shape index (κ2) is 7.67. The van der Waals surface area contributed by atoms with E-state index in [0.29, 0.717) is 34.9 Å². The van der Waals surface area contributed by atoms with Crippen molar-refractivity contribution in [3.63, 3.8) is 0 Å². The number of rotatable bonds is 4. The number of amides is 2. The number of hydrogen-bond donors (Lipinski definition) is 0. The highest BCUT2D eigenvalue weighted by Gasteiger charge is 2.60. The molecule has 0 unspecified atom stereocenters. The number of anilines is 1. The van der Waals surface area contributed by atoms with Gasteiger partial charge in [-0.05, 0) is 48.0 Å². The third-order valence-corrected chi connectivity index (χ3v) is 7.12. The van der Waals surface area contributed by atoms with Crippen LogP contribution in [-0.2, 0) is 16.2 Å². The SMILES string of the molecule is COc1ccc2c(c1)[C@@]1(SCCN1C(=O)c1ccco1)C(=O)N2Cc1ccc(F)c(F)c1. The molecule has 2 amide bonds. The molecule has 1 saturated heterocycles. The first-order chi connectivity index (χ1) is 15.5. The Bertz CT molecular complexity index is 1220. The minimum atomic E-state index is -1.30. The summed E-state index contributed by atoms with van der Waals surface area (Å²) in [7, 11) is 1.53. The van der Waals surface area contributed by atoms with Crippen LogP contribution in [0.5, 0.6) is 5.75 Å². The third-order valence-electron chi connectivity index (χ3n) is 5.70. The molecule has 1 aromatic heterocycles. The van der Waals surface area contributed by atoms with Crippen LogP contribution in [-0.4, -0.2) is 36.1 Å². The molecule has 0 bridgehead atoms. The Hall–Kier alpha value is -3.33. The molecule has 9 heteroatoms. The monoisotopic (exact) mass is 456 g/mol. The summed E-state index contributed by atoms with van der Waals surface area (Å²) in [6.45, 7) is 0.381. The van der Waals surface area contributed by atoms with E-state index in [2.05, 4.69) is 0 Å². The third kappa shape index (κ3) is 2.99. The van der Waals surface area contributed by atoms with Gasteiger partial charge < -0.3 is 19.0 Å². The molecule has 32 heavy (non-hydrogen) atoms. The van der Waals surface area contributed by atoms with Crippen LogP contribution in [0, 0.1) is 11.6 Å². The van der Waals surface area contributed by atoms with E-state index in [9.17, 15) is 18.4 Å². The summed E-state index contributed by atoms with van der Waals surface area (Å²) in [4.78, 5) is 28.9. The molecule has 2 aliphatic heterocycles. The summed E-state index contributed by atoms with van der Waals surface area (Å²) in [5.41, 5.74) is 1.64. The average molecular weight is 456 g/mol. The number of thioether (sulfide) groups is 1. The summed E-state index contributed by atoms with van der Waals surface area (Å²) in [6, 6.07) is 11.9. The molecule has 0 N–H and O–H groups in total. The van der Waals surface area contributed by atoms with Gasteiger partial charge in [-0.2, -0.15) is 0 Å². The molecular formula is C23H18F2N2O4S. The highest BCUT2D eigenvalue weighted by atomic mass is 32.2. The van der Waals surface area contributed by atoms with Crippen LogP contribution in [0.2, 0.25) is 0 Å². The van der Waals surface area contributed by atoms with Crippen LogP contribution >= 0.6 is 11.8 Å². The van der Waals surface area contributed by atoms with Crippen molar-refractivity contribution in [3.05, 3.63) is 83.3 Å². The quantitative estimate of drug-likeness (QED) is 0.590. The number of carbonyl (C=O) groups excluding carboxylic acids is 2. The van der Waals surface area contributed by atoms with E-state index >= 15 is 0 Å². The van der Waals surface area contributed by atoms with Crippen LogP contribution in [0.25, 0.3) is 0 Å². The molecule has 2 aromatic carbocycles. The molecule has 0 radical (unpaired) electrons. The predicted molar refractivity (Wildman–Crippen MR) is 114 cm³/mol. The summed E-state index contributed by atoms with van der Waals surface area (Å²) in [6.07, 6.45) is 1.41. The van der Waals surface area contributed by atoms with Gasteiger partial charge in [-0.15, -0.1) is 11.8 Å². The van der Waals surface area contributed by atoms with E-state index in [0.717, 1.165) is 12.1 Å². The van der Waals surface area contributed by atoms with E-state index in [1.807, 2.05) is 0 Å². The van der Waals surface area contributed by atoms with Crippen LogP contribution < -0.4 is 9.64 Å². The lowest BCUT2D eigenvalue weighted by molar-refractivity contribution is -0.123. The first-order valence-electron chi connectivity index (χ1n) is 9.89. The Morgan fingerprint density at radius 1 is 1.19 bits per heavy atom. The molecule has 2 aliphatic rings. The van der Waals surface area contributed by atoms with Gasteiger partial charge >= 0.3 is 0 Å². The van der Waals surface area contributed by atoms with Gasteiger partial charge in [0.25, 0.3) is 11.8 Å². The van der Waals surface area contributed by atoms with Gasteiger partial charge in [0, 0.05) is 17.9 Å². The Morgan fingerprint density at radius 3 is 2.75 bits per heavy atom. The lowest BCUT2D eigenvalue weighted by Crippen LogP contribution is -2.50. The molecule has 6 nitrogen and oxygen atoms in total. The average Bonchev–Trinajstić information content (AvgIpc) is 3.53. The van der Waals surface area contributed by atoms with Gasteiger partial charge in [-0.3, -0.25) is 9.59 Å². The van der Waals surface area contributed by atoms with Crippen molar-refractivity contribution < 1.29 is 27.5 Å². The van der Waals surface area contributed by atoms with Gasteiger partial charge in [0.1, 0.15) is 5.75 Å². The molecule has 3 heterocycles. The minimum Gasteiger partial charge on any atom is -0.497 e. The highest BCUT2D eigenvalue weighted by molar-refractivity contribution is 8.01. The molecular weight excluding hydrogens is 438 g/mol. The number of halogens is 2. The molecule has 1 spiro atoms. The number of methoxy groups -OCH3 is 1. The number of furan rings is 1. The number of carbonyl (C=O) groups is 2. The fourth-order valence-corrected chi connectivity index (χ4v) is 5.68. The number of nitrogens with zero attached hydrogens (tertiary/aromatic N) is 2. The zero-order valence-electron chi connectivity index (χ0n) is 17.0. The van der Waals surface area contributed by atoms with Crippen molar-refractivity contribution in [2.24, 2.45) is 0 Å². The zero-order valence-corrected chi connectivity index (χ0v) is 17.8. The molecule has 0 saturated carbocycles. The first kappa shape index (κ1) is 20.6. The van der Waals surface area contributed by atoms with Crippen molar-refractivity contribution >= 4 is 29.3 Å². The van der Waals surface area contributed by atoms with E-state index in [4.69, 9.17) is 9.15 Å². The summed E-state index contributed by atoms with van der Waals surface area (Å²) in [5.74, 6) is -1.42. The van der Waals surface area contributed by atoms with Crippen LogP contribution in [0.15, 0.2) is 59.2 Å². The molecule has 0 aliphatic carbocycles. The molecule has 1 atom stereocenters. The topological polar surface area (TPSA) is 63.0 Å². The molecule has 3 aromatic rings. The predicted octanol–water partition coefficient (Wildman–Crippen LogP) is 4.16. The molecule has 164 valence electrons. The standard InChI is InChI=1S/C23H18F2N2O4S/c1-30-15-5-7-19-16(12-15)23(27(8-10-32-23)21(28)20-3-2-9-31-20)22(29)26(19)13-14-4-6-17(24)18(25)11-14/h2-7,9,11-12H,8,10,13H2,1H3/t23-/m1/s1. The van der Waals surface area contributed by atoms with Crippen LogP contribution in [0.4, 0.5) is 14.5 Å². The summed E-state index contributed by atoms with van der Waals surface area (Å²) in [5, 5.41) is 0.